The van der Waals surface area contributed by atoms with Gasteiger partial charge in [0.2, 0.25) is 0 Å². The summed E-state index contributed by atoms with van der Waals surface area (Å²) in [4.78, 5) is 12.2. The average molecular weight is 427 g/mol. The van der Waals surface area contributed by atoms with Crippen molar-refractivity contribution >= 4 is 5.78 Å². The van der Waals surface area contributed by atoms with Crippen LogP contribution in [0.3, 0.4) is 0 Å². The highest BCUT2D eigenvalue weighted by Crippen LogP contribution is 2.68. The predicted octanol–water partition coefficient (Wildman–Crippen LogP) is 8.04. The fraction of sp³-hybridized carbons (Fsp3) is 0.828. The first-order valence-corrected chi connectivity index (χ1v) is 13.2. The van der Waals surface area contributed by atoms with E-state index in [2.05, 4.69) is 34.6 Å². The van der Waals surface area contributed by atoms with Crippen LogP contribution in [0.1, 0.15) is 106 Å². The molecule has 0 spiro atoms. The van der Waals surface area contributed by atoms with Gasteiger partial charge in [-0.05, 0) is 104 Å². The third-order valence-corrected chi connectivity index (χ3v) is 10.5. The Morgan fingerprint density at radius 1 is 1.10 bits per heavy atom. The molecule has 0 aromatic rings. The normalized spacial score (nSPS) is 40.8. The van der Waals surface area contributed by atoms with Crippen molar-refractivity contribution in [2.75, 3.05) is 0 Å². The fourth-order valence-corrected chi connectivity index (χ4v) is 8.85. The first kappa shape index (κ1) is 23.1. The number of Topliss-reactive ketones (excluding diaryl/α,β-unsaturated/α-hetero) is 1. The molecular weight excluding hydrogens is 380 g/mol. The van der Waals surface area contributed by atoms with Gasteiger partial charge < -0.3 is 5.11 Å². The number of aliphatic hydroxyl groups is 1. The number of carbonyl (C=O) groups is 1. The number of allylic oxidation sites excluding steroid dienone is 3. The number of hydrogen-bond acceptors (Lipinski definition) is 2. The number of ketones is 1. The zero-order chi connectivity index (χ0) is 22.6. The SMILES string of the molecule is CC(=O)C1=C(O)C=C2CC[C@H]3[C@@H]4CC[C@H]([C@H](C)CCCC(C)C)[C@@]4(C)CC[C@@H]3[C@@]2(C)C1. The minimum atomic E-state index is 0.0490. The molecule has 0 bridgehead atoms. The molecule has 31 heavy (non-hydrogen) atoms. The zero-order valence-electron chi connectivity index (χ0n) is 21.0. The van der Waals surface area contributed by atoms with Crippen LogP contribution in [-0.2, 0) is 4.79 Å². The summed E-state index contributed by atoms with van der Waals surface area (Å²) in [5.41, 5.74) is 2.66. The lowest BCUT2D eigenvalue weighted by Gasteiger charge is -2.58. The van der Waals surface area contributed by atoms with Crippen molar-refractivity contribution in [1.29, 1.82) is 0 Å². The van der Waals surface area contributed by atoms with Gasteiger partial charge in [0.25, 0.3) is 0 Å². The van der Waals surface area contributed by atoms with Crippen molar-refractivity contribution in [3.63, 3.8) is 0 Å². The second-order valence-electron chi connectivity index (χ2n) is 12.6. The Morgan fingerprint density at radius 3 is 2.52 bits per heavy atom. The largest absolute Gasteiger partial charge is 0.508 e. The highest BCUT2D eigenvalue weighted by atomic mass is 16.3. The van der Waals surface area contributed by atoms with Crippen LogP contribution in [0.25, 0.3) is 0 Å². The molecule has 0 aliphatic heterocycles. The van der Waals surface area contributed by atoms with Crippen LogP contribution in [0.15, 0.2) is 23.0 Å². The molecular formula is C29H46O2. The van der Waals surface area contributed by atoms with Crippen molar-refractivity contribution in [3.05, 3.63) is 23.0 Å². The first-order valence-electron chi connectivity index (χ1n) is 13.2. The zero-order valence-corrected chi connectivity index (χ0v) is 21.0. The minimum absolute atomic E-state index is 0.0490. The number of fused-ring (bicyclic) bond motifs is 5. The third kappa shape index (κ3) is 3.84. The Bertz CT molecular complexity index is 774. The van der Waals surface area contributed by atoms with Gasteiger partial charge in [-0.2, -0.15) is 0 Å². The molecule has 0 heterocycles. The van der Waals surface area contributed by atoms with Crippen LogP contribution in [0.5, 0.6) is 0 Å². The van der Waals surface area contributed by atoms with E-state index in [4.69, 9.17) is 0 Å². The average Bonchev–Trinajstić information content (AvgIpc) is 3.05. The predicted molar refractivity (Wildman–Crippen MR) is 129 cm³/mol. The Morgan fingerprint density at radius 2 is 1.84 bits per heavy atom. The van der Waals surface area contributed by atoms with E-state index in [1.807, 2.05) is 6.08 Å². The fourth-order valence-electron chi connectivity index (χ4n) is 8.85. The summed E-state index contributed by atoms with van der Waals surface area (Å²) in [6.07, 6.45) is 14.7. The van der Waals surface area contributed by atoms with Gasteiger partial charge in [-0.3, -0.25) is 4.79 Å². The van der Waals surface area contributed by atoms with Crippen LogP contribution in [-0.4, -0.2) is 10.9 Å². The highest BCUT2D eigenvalue weighted by Gasteiger charge is 2.59. The second-order valence-corrected chi connectivity index (χ2v) is 12.6. The topological polar surface area (TPSA) is 37.3 Å². The molecule has 7 atom stereocenters. The molecule has 4 rings (SSSR count). The molecule has 2 nitrogen and oxygen atoms in total. The van der Waals surface area contributed by atoms with Crippen LogP contribution in [0.2, 0.25) is 0 Å². The van der Waals surface area contributed by atoms with E-state index in [-0.39, 0.29) is 17.0 Å². The molecule has 0 radical (unpaired) electrons. The van der Waals surface area contributed by atoms with Crippen LogP contribution in [0.4, 0.5) is 0 Å². The first-order chi connectivity index (χ1) is 14.6. The van der Waals surface area contributed by atoms with E-state index < -0.39 is 0 Å². The van der Waals surface area contributed by atoms with Gasteiger partial charge in [0.1, 0.15) is 5.76 Å². The van der Waals surface area contributed by atoms with E-state index in [0.29, 0.717) is 16.9 Å². The van der Waals surface area contributed by atoms with Crippen molar-refractivity contribution in [2.24, 2.45) is 46.3 Å². The summed E-state index contributed by atoms with van der Waals surface area (Å²) in [6.45, 7) is 13.9. The number of hydrogen-bond donors (Lipinski definition) is 1. The van der Waals surface area contributed by atoms with Gasteiger partial charge in [0.15, 0.2) is 5.78 Å². The van der Waals surface area contributed by atoms with Crippen LogP contribution < -0.4 is 0 Å². The lowest BCUT2D eigenvalue weighted by atomic mass is 9.46. The lowest BCUT2D eigenvalue weighted by Crippen LogP contribution is -2.50. The maximum absolute atomic E-state index is 12.2. The standard InChI is InChI=1S/C29H46O2/c1-18(2)8-7-9-19(3)24-12-13-25-22-11-10-21-16-27(31)23(20(4)30)17-29(21,6)26(22)14-15-28(24,25)5/h16,18-19,22,24-26,31H,7-15,17H2,1-6H3/t19-,22+,24-,25+,26+,28-,29+/m1/s1. The van der Waals surface area contributed by atoms with Gasteiger partial charge in [0, 0.05) is 5.57 Å². The van der Waals surface area contributed by atoms with Gasteiger partial charge in [-0.1, -0.05) is 59.5 Å². The molecule has 4 aliphatic rings. The van der Waals surface area contributed by atoms with Gasteiger partial charge in [0.05, 0.1) is 0 Å². The Balaban J connectivity index is 1.52. The van der Waals surface area contributed by atoms with Gasteiger partial charge >= 0.3 is 0 Å². The maximum atomic E-state index is 12.2. The molecule has 0 amide bonds. The molecule has 174 valence electrons. The smallest absolute Gasteiger partial charge is 0.159 e. The van der Waals surface area contributed by atoms with E-state index in [1.165, 1.54) is 56.9 Å². The summed E-state index contributed by atoms with van der Waals surface area (Å²) >= 11 is 0. The van der Waals surface area contributed by atoms with Crippen LogP contribution >= 0.6 is 0 Å². The van der Waals surface area contributed by atoms with Crippen molar-refractivity contribution in [1.82, 2.24) is 0 Å². The monoisotopic (exact) mass is 426 g/mol. The molecule has 0 aromatic carbocycles. The summed E-state index contributed by atoms with van der Waals surface area (Å²) in [5.74, 6) is 5.16. The van der Waals surface area contributed by atoms with E-state index in [1.54, 1.807) is 6.92 Å². The van der Waals surface area contributed by atoms with Crippen molar-refractivity contribution < 1.29 is 9.90 Å². The van der Waals surface area contributed by atoms with Gasteiger partial charge in [-0.25, -0.2) is 0 Å². The quantitative estimate of drug-likeness (QED) is 0.466. The summed E-state index contributed by atoms with van der Waals surface area (Å²) in [6, 6.07) is 0. The Labute approximate surface area is 191 Å². The Hall–Kier alpha value is -1.05. The Kier molecular flexibility index (Phi) is 6.25. The lowest BCUT2D eigenvalue weighted by molar-refractivity contribution is -0.114. The molecule has 0 aromatic heterocycles. The molecule has 3 saturated carbocycles. The number of aliphatic hydroxyl groups excluding tert-OH is 1. The number of rotatable bonds is 6. The van der Waals surface area contributed by atoms with Crippen LogP contribution in [0, 0.1) is 46.3 Å². The molecule has 0 unspecified atom stereocenters. The highest BCUT2D eigenvalue weighted by molar-refractivity contribution is 5.94. The maximum Gasteiger partial charge on any atom is 0.159 e. The molecule has 0 saturated heterocycles. The second kappa shape index (κ2) is 8.38. The van der Waals surface area contributed by atoms with E-state index in [0.717, 1.165) is 42.4 Å². The van der Waals surface area contributed by atoms with E-state index >= 15 is 0 Å². The number of carbonyl (C=O) groups excluding carboxylic acids is 1. The minimum Gasteiger partial charge on any atom is -0.508 e. The molecule has 4 aliphatic carbocycles. The molecule has 3 fully saturated rings. The van der Waals surface area contributed by atoms with E-state index in [9.17, 15) is 9.90 Å². The van der Waals surface area contributed by atoms with Crippen molar-refractivity contribution in [2.45, 2.75) is 106 Å². The van der Waals surface area contributed by atoms with Crippen molar-refractivity contribution in [3.8, 4) is 0 Å². The summed E-state index contributed by atoms with van der Waals surface area (Å²) < 4.78 is 0. The molecule has 2 heteroatoms. The third-order valence-electron chi connectivity index (χ3n) is 10.5. The van der Waals surface area contributed by atoms with Gasteiger partial charge in [-0.15, -0.1) is 0 Å². The summed E-state index contributed by atoms with van der Waals surface area (Å²) in [7, 11) is 0. The summed E-state index contributed by atoms with van der Waals surface area (Å²) in [5, 5.41) is 10.5. The molecule has 1 N–H and O–H groups in total.